The van der Waals surface area contributed by atoms with Gasteiger partial charge in [-0.15, -0.1) is 11.8 Å². The van der Waals surface area contributed by atoms with Crippen LogP contribution in [0, 0.1) is 0 Å². The Labute approximate surface area is 133 Å². The summed E-state index contributed by atoms with van der Waals surface area (Å²) in [5, 5.41) is 3.48. The van der Waals surface area contributed by atoms with Gasteiger partial charge in [-0.25, -0.2) is 0 Å². The highest BCUT2D eigenvalue weighted by molar-refractivity contribution is 8.00. The number of hydrogen-bond acceptors (Lipinski definition) is 3. The molecular weight excluding hydrogens is 280 g/mol. The summed E-state index contributed by atoms with van der Waals surface area (Å²) in [6, 6.07) is 9.13. The van der Waals surface area contributed by atoms with Crippen molar-refractivity contribution >= 4 is 17.7 Å². The SMILES string of the molecule is CCCNC(C)c1ccc(SCC(=O)N(C)C(C)C)cc1. The molecule has 1 amide bonds. The minimum Gasteiger partial charge on any atom is -0.343 e. The fraction of sp³-hybridized carbons (Fsp3) is 0.588. The van der Waals surface area contributed by atoms with Crippen LogP contribution in [-0.2, 0) is 4.79 Å². The van der Waals surface area contributed by atoms with E-state index >= 15 is 0 Å². The van der Waals surface area contributed by atoms with E-state index in [0.29, 0.717) is 11.8 Å². The Morgan fingerprint density at radius 1 is 1.24 bits per heavy atom. The first-order valence-corrected chi connectivity index (χ1v) is 8.66. The first-order chi connectivity index (χ1) is 9.95. The predicted octanol–water partition coefficient (Wildman–Crippen LogP) is 3.71. The molecule has 1 unspecified atom stereocenters. The Morgan fingerprint density at radius 2 is 1.86 bits per heavy atom. The molecule has 1 atom stereocenters. The van der Waals surface area contributed by atoms with Crippen molar-refractivity contribution in [3.05, 3.63) is 29.8 Å². The average Bonchev–Trinajstić information content (AvgIpc) is 2.49. The van der Waals surface area contributed by atoms with E-state index in [4.69, 9.17) is 0 Å². The van der Waals surface area contributed by atoms with Gasteiger partial charge in [0.25, 0.3) is 0 Å². The van der Waals surface area contributed by atoms with E-state index in [2.05, 4.69) is 43.4 Å². The van der Waals surface area contributed by atoms with Crippen molar-refractivity contribution in [2.75, 3.05) is 19.3 Å². The van der Waals surface area contributed by atoms with Crippen LogP contribution < -0.4 is 5.32 Å². The highest BCUT2D eigenvalue weighted by Crippen LogP contribution is 2.21. The Hall–Kier alpha value is -1.00. The van der Waals surface area contributed by atoms with E-state index in [-0.39, 0.29) is 11.9 Å². The summed E-state index contributed by atoms with van der Waals surface area (Å²) in [7, 11) is 1.86. The number of carbonyl (C=O) groups is 1. The number of thioether (sulfide) groups is 1. The molecule has 0 spiro atoms. The third-order valence-corrected chi connectivity index (χ3v) is 4.61. The number of benzene rings is 1. The normalized spacial score (nSPS) is 12.5. The Kier molecular flexibility index (Phi) is 7.83. The van der Waals surface area contributed by atoms with Crippen LogP contribution in [0.25, 0.3) is 0 Å². The van der Waals surface area contributed by atoms with Gasteiger partial charge in [-0.1, -0.05) is 19.1 Å². The molecule has 0 saturated carbocycles. The summed E-state index contributed by atoms with van der Waals surface area (Å²) in [4.78, 5) is 14.9. The van der Waals surface area contributed by atoms with Gasteiger partial charge in [0, 0.05) is 24.0 Å². The second-order valence-corrected chi connectivity index (χ2v) is 6.68. The summed E-state index contributed by atoms with van der Waals surface area (Å²) in [5.41, 5.74) is 1.29. The van der Waals surface area contributed by atoms with Crippen LogP contribution >= 0.6 is 11.8 Å². The summed E-state index contributed by atoms with van der Waals surface area (Å²) >= 11 is 1.60. The number of nitrogens with one attached hydrogen (secondary N) is 1. The van der Waals surface area contributed by atoms with Crippen LogP contribution in [0.15, 0.2) is 29.2 Å². The molecule has 3 nitrogen and oxygen atoms in total. The maximum absolute atomic E-state index is 11.9. The number of nitrogens with zero attached hydrogens (tertiary/aromatic N) is 1. The van der Waals surface area contributed by atoms with Crippen molar-refractivity contribution in [1.82, 2.24) is 10.2 Å². The van der Waals surface area contributed by atoms with Gasteiger partial charge < -0.3 is 10.2 Å². The molecule has 0 aliphatic heterocycles. The maximum atomic E-state index is 11.9. The number of rotatable bonds is 8. The van der Waals surface area contributed by atoms with Gasteiger partial charge in [0.15, 0.2) is 0 Å². The zero-order chi connectivity index (χ0) is 15.8. The van der Waals surface area contributed by atoms with Crippen molar-refractivity contribution in [3.63, 3.8) is 0 Å². The van der Waals surface area contributed by atoms with Crippen LogP contribution in [0.1, 0.15) is 45.7 Å². The molecule has 1 aromatic carbocycles. The molecule has 118 valence electrons. The van der Waals surface area contributed by atoms with Gasteiger partial charge in [-0.05, 0) is 51.4 Å². The lowest BCUT2D eigenvalue weighted by Gasteiger charge is -2.21. The van der Waals surface area contributed by atoms with Crippen LogP contribution in [0.3, 0.4) is 0 Å². The van der Waals surface area contributed by atoms with Gasteiger partial charge in [0.05, 0.1) is 5.75 Å². The van der Waals surface area contributed by atoms with E-state index < -0.39 is 0 Å². The van der Waals surface area contributed by atoms with E-state index in [0.717, 1.165) is 17.9 Å². The number of hydrogen-bond donors (Lipinski definition) is 1. The standard InChI is InChI=1S/C17H28N2OS/c1-6-11-18-14(4)15-7-9-16(10-8-15)21-12-17(20)19(5)13(2)3/h7-10,13-14,18H,6,11-12H2,1-5H3. The zero-order valence-corrected chi connectivity index (χ0v) is 14.7. The van der Waals surface area contributed by atoms with Crippen molar-refractivity contribution in [3.8, 4) is 0 Å². The molecule has 0 saturated heterocycles. The average molecular weight is 308 g/mol. The molecule has 0 fully saturated rings. The molecule has 1 rings (SSSR count). The van der Waals surface area contributed by atoms with Gasteiger partial charge >= 0.3 is 0 Å². The van der Waals surface area contributed by atoms with E-state index in [1.165, 1.54) is 5.56 Å². The Bertz CT molecular complexity index is 431. The van der Waals surface area contributed by atoms with Crippen molar-refractivity contribution < 1.29 is 4.79 Å². The molecule has 21 heavy (non-hydrogen) atoms. The maximum Gasteiger partial charge on any atom is 0.232 e. The number of amides is 1. The van der Waals surface area contributed by atoms with Crippen LogP contribution in [0.5, 0.6) is 0 Å². The molecule has 1 N–H and O–H groups in total. The van der Waals surface area contributed by atoms with Crippen molar-refractivity contribution in [2.45, 2.75) is 51.1 Å². The summed E-state index contributed by atoms with van der Waals surface area (Å²) in [6.07, 6.45) is 1.14. The van der Waals surface area contributed by atoms with Crippen LogP contribution in [-0.4, -0.2) is 36.2 Å². The lowest BCUT2D eigenvalue weighted by atomic mass is 10.1. The second kappa shape index (κ2) is 9.11. The summed E-state index contributed by atoms with van der Waals surface area (Å²) in [6.45, 7) is 9.45. The van der Waals surface area contributed by atoms with E-state index in [9.17, 15) is 4.79 Å². The van der Waals surface area contributed by atoms with Gasteiger partial charge in [-0.2, -0.15) is 0 Å². The highest BCUT2D eigenvalue weighted by atomic mass is 32.2. The van der Waals surface area contributed by atoms with E-state index in [1.54, 1.807) is 16.7 Å². The fourth-order valence-electron chi connectivity index (χ4n) is 1.87. The lowest BCUT2D eigenvalue weighted by molar-refractivity contribution is -0.128. The first-order valence-electron chi connectivity index (χ1n) is 7.67. The Morgan fingerprint density at radius 3 is 2.38 bits per heavy atom. The van der Waals surface area contributed by atoms with Crippen LogP contribution in [0.4, 0.5) is 0 Å². The van der Waals surface area contributed by atoms with Crippen molar-refractivity contribution in [1.29, 1.82) is 0 Å². The van der Waals surface area contributed by atoms with Crippen molar-refractivity contribution in [2.24, 2.45) is 0 Å². The molecule has 1 aromatic rings. The Balaban J connectivity index is 2.49. The number of carbonyl (C=O) groups excluding carboxylic acids is 1. The third-order valence-electron chi connectivity index (χ3n) is 3.61. The van der Waals surface area contributed by atoms with E-state index in [1.807, 2.05) is 20.9 Å². The lowest BCUT2D eigenvalue weighted by Crippen LogP contribution is -2.34. The topological polar surface area (TPSA) is 32.3 Å². The molecule has 0 aromatic heterocycles. The predicted molar refractivity (Wildman–Crippen MR) is 91.8 cm³/mol. The smallest absolute Gasteiger partial charge is 0.232 e. The monoisotopic (exact) mass is 308 g/mol. The third kappa shape index (κ3) is 6.10. The summed E-state index contributed by atoms with van der Waals surface area (Å²) < 4.78 is 0. The minimum absolute atomic E-state index is 0.178. The zero-order valence-electron chi connectivity index (χ0n) is 13.8. The quantitative estimate of drug-likeness (QED) is 0.743. The molecule has 0 heterocycles. The molecule has 0 aliphatic rings. The molecule has 0 bridgehead atoms. The largest absolute Gasteiger partial charge is 0.343 e. The van der Waals surface area contributed by atoms with Gasteiger partial charge in [0.2, 0.25) is 5.91 Å². The first kappa shape index (κ1) is 18.1. The van der Waals surface area contributed by atoms with Crippen LogP contribution in [0.2, 0.25) is 0 Å². The highest BCUT2D eigenvalue weighted by Gasteiger charge is 2.12. The molecule has 4 heteroatoms. The molecule has 0 aliphatic carbocycles. The second-order valence-electron chi connectivity index (χ2n) is 5.63. The van der Waals surface area contributed by atoms with Gasteiger partial charge in [0.1, 0.15) is 0 Å². The van der Waals surface area contributed by atoms with Gasteiger partial charge in [-0.3, -0.25) is 4.79 Å². The minimum atomic E-state index is 0.178. The fourth-order valence-corrected chi connectivity index (χ4v) is 2.69. The molecular formula is C17H28N2OS. The summed E-state index contributed by atoms with van der Waals surface area (Å²) in [5.74, 6) is 0.676. The molecule has 0 radical (unpaired) electrons.